The first-order chi connectivity index (χ1) is 20.0. The van der Waals surface area contributed by atoms with Gasteiger partial charge in [-0.2, -0.15) is 0 Å². The summed E-state index contributed by atoms with van der Waals surface area (Å²) >= 11 is 0. The van der Waals surface area contributed by atoms with Crippen LogP contribution < -0.4 is 28.4 Å². The average Bonchev–Trinajstić information content (AvgIpc) is 3.47. The van der Waals surface area contributed by atoms with Crippen molar-refractivity contribution in [3.8, 4) is 45.6 Å². The minimum atomic E-state index is -1.80. The van der Waals surface area contributed by atoms with Crippen LogP contribution in [0, 0.1) is 5.92 Å². The highest BCUT2D eigenvalue weighted by atomic mass is 16.7. The predicted octanol–water partition coefficient (Wildman–Crippen LogP) is 5.06. The molecule has 0 aromatic heterocycles. The molecule has 2 aromatic rings. The van der Waals surface area contributed by atoms with Gasteiger partial charge in [0.1, 0.15) is 11.7 Å². The molecule has 0 spiro atoms. The Morgan fingerprint density at radius 2 is 1.62 bits per heavy atom. The van der Waals surface area contributed by atoms with Crippen LogP contribution in [-0.2, 0) is 19.1 Å². The number of carbonyl (C=O) groups excluding carboxylic acids is 2. The Kier molecular flexibility index (Phi) is 8.81. The molecule has 228 valence electrons. The van der Waals surface area contributed by atoms with E-state index in [9.17, 15) is 14.7 Å². The van der Waals surface area contributed by atoms with Crippen LogP contribution in [0.4, 0.5) is 0 Å². The second kappa shape index (κ2) is 12.0. The molecular weight excluding hydrogens is 548 g/mol. The number of benzene rings is 2. The van der Waals surface area contributed by atoms with Crippen molar-refractivity contribution in [3.05, 3.63) is 34.9 Å². The van der Waals surface area contributed by atoms with Crippen LogP contribution in [0.5, 0.6) is 34.5 Å². The van der Waals surface area contributed by atoms with Crippen LogP contribution in [0.3, 0.4) is 0 Å². The fourth-order valence-corrected chi connectivity index (χ4v) is 5.37. The normalized spacial score (nSPS) is 22.6. The van der Waals surface area contributed by atoms with Crippen LogP contribution in [-0.4, -0.2) is 57.9 Å². The van der Waals surface area contributed by atoms with Gasteiger partial charge < -0.3 is 43.0 Å². The molecule has 4 rings (SSSR count). The maximum absolute atomic E-state index is 13.3. The van der Waals surface area contributed by atoms with E-state index < -0.39 is 35.7 Å². The fourth-order valence-electron chi connectivity index (χ4n) is 5.37. The van der Waals surface area contributed by atoms with Crippen LogP contribution in [0.1, 0.15) is 64.4 Å². The molecule has 0 saturated heterocycles. The molecule has 0 saturated carbocycles. The van der Waals surface area contributed by atoms with Crippen molar-refractivity contribution in [1.82, 2.24) is 0 Å². The third-order valence-corrected chi connectivity index (χ3v) is 7.99. The largest absolute Gasteiger partial charge is 0.493 e. The molecule has 1 heterocycles. The number of ether oxygens (including phenoxy) is 8. The van der Waals surface area contributed by atoms with Crippen molar-refractivity contribution in [1.29, 1.82) is 0 Å². The third kappa shape index (κ3) is 4.95. The first-order valence-electron chi connectivity index (χ1n) is 13.6. The number of rotatable bonds is 8. The highest BCUT2D eigenvalue weighted by Gasteiger charge is 2.51. The van der Waals surface area contributed by atoms with Gasteiger partial charge >= 0.3 is 11.9 Å². The number of carbonyl (C=O) groups is 2. The van der Waals surface area contributed by atoms with Gasteiger partial charge in [-0.3, -0.25) is 4.79 Å². The van der Waals surface area contributed by atoms with Gasteiger partial charge in [0.2, 0.25) is 18.3 Å². The summed E-state index contributed by atoms with van der Waals surface area (Å²) in [5.74, 6) is -0.258. The summed E-state index contributed by atoms with van der Waals surface area (Å²) in [6.07, 6.45) is -0.637. The first-order valence-corrected chi connectivity index (χ1v) is 13.6. The van der Waals surface area contributed by atoms with Gasteiger partial charge in [-0.15, -0.1) is 0 Å². The smallest absolute Gasteiger partial charge is 0.334 e. The zero-order valence-corrected chi connectivity index (χ0v) is 25.4. The van der Waals surface area contributed by atoms with E-state index >= 15 is 0 Å². The quantitative estimate of drug-likeness (QED) is 0.329. The molecule has 0 radical (unpaired) electrons. The maximum atomic E-state index is 13.3. The van der Waals surface area contributed by atoms with Crippen molar-refractivity contribution in [2.75, 3.05) is 35.2 Å². The van der Waals surface area contributed by atoms with Gasteiger partial charge in [0.05, 0.1) is 28.4 Å². The Hall–Kier alpha value is -4.12. The molecule has 1 N–H and O–H groups in total. The minimum absolute atomic E-state index is 0.0555. The number of hydrogen-bond acceptors (Lipinski definition) is 11. The molecule has 42 heavy (non-hydrogen) atoms. The second-order valence-electron chi connectivity index (χ2n) is 10.3. The number of esters is 2. The lowest BCUT2D eigenvalue weighted by Gasteiger charge is -2.44. The first kappa shape index (κ1) is 30.8. The summed E-state index contributed by atoms with van der Waals surface area (Å²) in [6.45, 7) is 8.21. The standard InChI is InChI=1S/C31H38O11/c1-10-15(3)30(33)42-29-18-13-19(35-6)25(36-7)27(37-8)23(18)22-17(12-20-26(28(22)38-9)40-14-39-20)24(41-21(32)11-2)16(4)31(29,5)34/h10,12-13,16,24,29,34H,11,14H2,1-9H3/b15-10-/t16-,24+,29-,31-/m0/s1. The molecule has 0 bridgehead atoms. The Balaban J connectivity index is 2.24. The van der Waals surface area contributed by atoms with Gasteiger partial charge in [-0.25, -0.2) is 4.79 Å². The van der Waals surface area contributed by atoms with Crippen LogP contribution >= 0.6 is 0 Å². The number of methoxy groups -OCH3 is 4. The Bertz CT molecular complexity index is 1410. The zero-order valence-electron chi connectivity index (χ0n) is 25.4. The van der Waals surface area contributed by atoms with Gasteiger partial charge in [0, 0.05) is 40.2 Å². The SMILES string of the molecule is C/C=C(/C)C(=O)O[C@H]1c2cc(OC)c(OC)c(OC)c2-c2c(cc3c(c2OC)OCO3)[C@H](OC(=O)CC)[C@H](C)[C@]1(C)O. The zero-order chi connectivity index (χ0) is 30.9. The van der Waals surface area contributed by atoms with Crippen molar-refractivity contribution in [3.63, 3.8) is 0 Å². The summed E-state index contributed by atoms with van der Waals surface area (Å²) in [4.78, 5) is 26.1. The number of aliphatic hydroxyl groups is 1. The van der Waals surface area contributed by atoms with Crippen LogP contribution in [0.25, 0.3) is 11.1 Å². The van der Waals surface area contributed by atoms with Crippen LogP contribution in [0.15, 0.2) is 23.8 Å². The third-order valence-electron chi connectivity index (χ3n) is 7.99. The van der Waals surface area contributed by atoms with Gasteiger partial charge in [-0.05, 0) is 32.9 Å². The molecule has 1 aliphatic heterocycles. The molecule has 0 amide bonds. The van der Waals surface area contributed by atoms with E-state index in [4.69, 9.17) is 37.9 Å². The number of fused-ring (bicyclic) bond motifs is 4. The molecule has 11 nitrogen and oxygen atoms in total. The van der Waals surface area contributed by atoms with Crippen molar-refractivity contribution in [2.45, 2.75) is 58.8 Å². The molecule has 2 aromatic carbocycles. The van der Waals surface area contributed by atoms with Crippen molar-refractivity contribution in [2.24, 2.45) is 5.92 Å². The molecule has 2 aliphatic rings. The van der Waals surface area contributed by atoms with E-state index in [1.54, 1.807) is 45.9 Å². The number of allylic oxidation sites excluding steroid dienone is 1. The molecule has 4 atom stereocenters. The Labute approximate surface area is 245 Å². The minimum Gasteiger partial charge on any atom is -0.493 e. The highest BCUT2D eigenvalue weighted by molar-refractivity contribution is 5.91. The predicted molar refractivity (Wildman–Crippen MR) is 151 cm³/mol. The summed E-state index contributed by atoms with van der Waals surface area (Å²) in [7, 11) is 5.86. The Morgan fingerprint density at radius 1 is 0.976 bits per heavy atom. The molecule has 0 unspecified atom stereocenters. The van der Waals surface area contributed by atoms with Gasteiger partial charge in [0.25, 0.3) is 0 Å². The molecule has 1 aliphatic carbocycles. The fraction of sp³-hybridized carbons (Fsp3) is 0.484. The summed E-state index contributed by atoms with van der Waals surface area (Å²) < 4.78 is 46.9. The molecule has 0 fully saturated rings. The maximum Gasteiger partial charge on any atom is 0.334 e. The van der Waals surface area contributed by atoms with E-state index in [0.29, 0.717) is 39.3 Å². The lowest BCUT2D eigenvalue weighted by atomic mass is 9.71. The van der Waals surface area contributed by atoms with E-state index in [0.717, 1.165) is 0 Å². The topological polar surface area (TPSA) is 128 Å². The van der Waals surface area contributed by atoms with Crippen molar-refractivity contribution < 1.29 is 52.6 Å². The van der Waals surface area contributed by atoms with E-state index in [-0.39, 0.29) is 36.2 Å². The Morgan fingerprint density at radius 3 is 2.19 bits per heavy atom. The summed E-state index contributed by atoms with van der Waals surface area (Å²) in [5.41, 5.74) is 0.132. The highest BCUT2D eigenvalue weighted by Crippen LogP contribution is 2.61. The molecule has 11 heteroatoms. The van der Waals surface area contributed by atoms with Crippen LogP contribution in [0.2, 0.25) is 0 Å². The molecular formula is C31H38O11. The van der Waals surface area contributed by atoms with Gasteiger partial charge in [-0.1, -0.05) is 19.9 Å². The lowest BCUT2D eigenvalue weighted by Crippen LogP contribution is -2.46. The van der Waals surface area contributed by atoms with E-state index in [1.165, 1.54) is 35.4 Å². The monoisotopic (exact) mass is 586 g/mol. The average molecular weight is 587 g/mol. The lowest BCUT2D eigenvalue weighted by molar-refractivity contribution is -0.183. The van der Waals surface area contributed by atoms with Crippen molar-refractivity contribution >= 4 is 11.9 Å². The number of hydrogen-bond donors (Lipinski definition) is 1. The van der Waals surface area contributed by atoms with E-state index in [2.05, 4.69) is 0 Å². The van der Waals surface area contributed by atoms with Gasteiger partial charge in [0.15, 0.2) is 29.1 Å². The summed E-state index contributed by atoms with van der Waals surface area (Å²) in [5, 5.41) is 12.3. The summed E-state index contributed by atoms with van der Waals surface area (Å²) in [6, 6.07) is 3.34. The van der Waals surface area contributed by atoms with E-state index in [1.807, 2.05) is 0 Å². The second-order valence-corrected chi connectivity index (χ2v) is 10.3.